The van der Waals surface area contributed by atoms with Crippen LogP contribution in [0.4, 0.5) is 0 Å². The molecule has 1 N–H and O–H groups in total. The van der Waals surface area contributed by atoms with Gasteiger partial charge in [-0.3, -0.25) is 4.79 Å². The molecule has 122 valence electrons. The Balaban J connectivity index is 1.88. The lowest BCUT2D eigenvalue weighted by molar-refractivity contribution is 0.0320. The van der Waals surface area contributed by atoms with Crippen LogP contribution in [0.5, 0.6) is 0 Å². The molecule has 1 heterocycles. The molecule has 0 aliphatic rings. The zero-order valence-corrected chi connectivity index (χ0v) is 13.8. The van der Waals surface area contributed by atoms with Crippen LogP contribution in [0.2, 0.25) is 0 Å². The highest BCUT2D eigenvalue weighted by molar-refractivity contribution is 5.90. The van der Waals surface area contributed by atoms with Gasteiger partial charge in [-0.25, -0.2) is 9.78 Å². The van der Waals surface area contributed by atoms with Gasteiger partial charge < -0.3 is 9.72 Å². The van der Waals surface area contributed by atoms with Crippen LogP contribution < -0.4 is 5.56 Å². The highest BCUT2D eigenvalue weighted by atomic mass is 16.5. The summed E-state index contributed by atoms with van der Waals surface area (Å²) >= 11 is 0. The summed E-state index contributed by atoms with van der Waals surface area (Å²) in [6.45, 7) is 5.54. The summed E-state index contributed by atoms with van der Waals surface area (Å²) < 4.78 is 5.46. The monoisotopic (exact) mass is 322 g/mol. The molecule has 0 unspecified atom stereocenters. The quantitative estimate of drug-likeness (QED) is 0.750. The molecule has 5 nitrogen and oxygen atoms in total. The van der Waals surface area contributed by atoms with Crippen molar-refractivity contribution in [2.45, 2.75) is 26.9 Å². The Labute approximate surface area is 139 Å². The number of hydrogen-bond donors (Lipinski definition) is 1. The van der Waals surface area contributed by atoms with Crippen molar-refractivity contribution in [3.63, 3.8) is 0 Å². The predicted octanol–water partition coefficient (Wildman–Crippen LogP) is 3.46. The third-order valence-electron chi connectivity index (χ3n) is 3.76. The van der Waals surface area contributed by atoms with Gasteiger partial charge in [0.25, 0.3) is 5.56 Å². The van der Waals surface area contributed by atoms with Crippen LogP contribution in [0.15, 0.2) is 47.3 Å². The zero-order valence-electron chi connectivity index (χ0n) is 13.8. The zero-order chi connectivity index (χ0) is 17.3. The van der Waals surface area contributed by atoms with Crippen molar-refractivity contribution >= 4 is 16.9 Å². The lowest BCUT2D eigenvalue weighted by Crippen LogP contribution is -2.17. The molecule has 0 radical (unpaired) electrons. The SMILES string of the molecule is Cc1cc(C)cc(C(=O)O[C@@H](C)c2nc3ccccc3c(=O)[nH]2)c1. The van der Waals surface area contributed by atoms with Crippen LogP contribution in [0, 0.1) is 13.8 Å². The van der Waals surface area contributed by atoms with E-state index in [1.165, 1.54) is 0 Å². The van der Waals surface area contributed by atoms with Crippen molar-refractivity contribution in [1.82, 2.24) is 9.97 Å². The highest BCUT2D eigenvalue weighted by Gasteiger charge is 2.17. The lowest BCUT2D eigenvalue weighted by atomic mass is 10.1. The predicted molar refractivity (Wildman–Crippen MR) is 92.1 cm³/mol. The van der Waals surface area contributed by atoms with Gasteiger partial charge in [-0.1, -0.05) is 29.3 Å². The number of para-hydroxylation sites is 1. The Morgan fingerprint density at radius 3 is 2.50 bits per heavy atom. The van der Waals surface area contributed by atoms with E-state index in [9.17, 15) is 9.59 Å². The minimum atomic E-state index is -0.657. The summed E-state index contributed by atoms with van der Waals surface area (Å²) in [5.41, 5.74) is 2.80. The normalized spacial score (nSPS) is 12.1. The van der Waals surface area contributed by atoms with Gasteiger partial charge in [0.1, 0.15) is 0 Å². The van der Waals surface area contributed by atoms with Gasteiger partial charge in [0, 0.05) is 0 Å². The maximum absolute atomic E-state index is 12.3. The number of hydrogen-bond acceptors (Lipinski definition) is 4. The van der Waals surface area contributed by atoms with Crippen LogP contribution in [0.3, 0.4) is 0 Å². The van der Waals surface area contributed by atoms with Gasteiger partial charge in [-0.2, -0.15) is 0 Å². The fraction of sp³-hybridized carbons (Fsp3) is 0.211. The average molecular weight is 322 g/mol. The summed E-state index contributed by atoms with van der Waals surface area (Å²) in [5, 5.41) is 0.508. The minimum absolute atomic E-state index is 0.245. The van der Waals surface area contributed by atoms with E-state index in [1.807, 2.05) is 26.0 Å². The molecule has 1 atom stereocenters. The molecule has 0 bridgehead atoms. The number of benzene rings is 2. The first kappa shape index (κ1) is 15.9. The van der Waals surface area contributed by atoms with Gasteiger partial charge in [0.05, 0.1) is 16.5 Å². The number of aromatic nitrogens is 2. The summed E-state index contributed by atoms with van der Waals surface area (Å²) in [6.07, 6.45) is -0.657. The third kappa shape index (κ3) is 3.20. The molecule has 0 aliphatic carbocycles. The first-order valence-corrected chi connectivity index (χ1v) is 7.72. The van der Waals surface area contributed by atoms with Gasteiger partial charge in [-0.15, -0.1) is 0 Å². The second-order valence-electron chi connectivity index (χ2n) is 5.89. The Kier molecular flexibility index (Phi) is 4.16. The van der Waals surface area contributed by atoms with Crippen molar-refractivity contribution in [3.8, 4) is 0 Å². The number of rotatable bonds is 3. The molecule has 0 aliphatic heterocycles. The maximum atomic E-state index is 12.3. The van der Waals surface area contributed by atoms with Crippen molar-refractivity contribution in [3.05, 3.63) is 75.3 Å². The molecule has 3 rings (SSSR count). The molecule has 1 aromatic heterocycles. The van der Waals surface area contributed by atoms with E-state index in [-0.39, 0.29) is 5.56 Å². The van der Waals surface area contributed by atoms with E-state index in [1.54, 1.807) is 37.3 Å². The molecule has 2 aromatic carbocycles. The number of nitrogens with one attached hydrogen (secondary N) is 1. The van der Waals surface area contributed by atoms with Gasteiger partial charge in [0.15, 0.2) is 11.9 Å². The van der Waals surface area contributed by atoms with E-state index in [0.717, 1.165) is 11.1 Å². The van der Waals surface area contributed by atoms with Gasteiger partial charge in [-0.05, 0) is 45.0 Å². The van der Waals surface area contributed by atoms with E-state index in [2.05, 4.69) is 9.97 Å². The molecule has 5 heteroatoms. The lowest BCUT2D eigenvalue weighted by Gasteiger charge is -2.13. The van der Waals surface area contributed by atoms with Gasteiger partial charge >= 0.3 is 5.97 Å². The number of aromatic amines is 1. The maximum Gasteiger partial charge on any atom is 0.338 e. The number of fused-ring (bicyclic) bond motifs is 1. The molecule has 0 fully saturated rings. The van der Waals surface area contributed by atoms with Crippen LogP contribution in [0.25, 0.3) is 10.9 Å². The number of ether oxygens (including phenoxy) is 1. The molecular weight excluding hydrogens is 304 g/mol. The standard InChI is InChI=1S/C19H18N2O3/c1-11-8-12(2)10-14(9-11)19(23)24-13(3)17-20-16-7-5-4-6-15(16)18(22)21-17/h4-10,13H,1-3H3,(H,20,21,22)/t13-/m0/s1. The highest BCUT2D eigenvalue weighted by Crippen LogP contribution is 2.17. The van der Waals surface area contributed by atoms with Gasteiger partial charge in [0.2, 0.25) is 0 Å². The van der Waals surface area contributed by atoms with Crippen LogP contribution >= 0.6 is 0 Å². The Bertz CT molecular complexity index is 956. The molecular formula is C19H18N2O3. The molecule has 0 saturated carbocycles. The summed E-state index contributed by atoms with van der Waals surface area (Å²) in [7, 11) is 0. The fourth-order valence-corrected chi connectivity index (χ4v) is 2.67. The molecule has 0 amide bonds. The number of H-pyrrole nitrogens is 1. The number of carbonyl (C=O) groups excluding carboxylic acids is 1. The second kappa shape index (κ2) is 6.28. The molecule has 3 aromatic rings. The number of esters is 1. The number of aryl methyl sites for hydroxylation is 2. The van der Waals surface area contributed by atoms with E-state index >= 15 is 0 Å². The fourth-order valence-electron chi connectivity index (χ4n) is 2.67. The molecule has 24 heavy (non-hydrogen) atoms. The minimum Gasteiger partial charge on any atom is -0.451 e. The van der Waals surface area contributed by atoms with Crippen LogP contribution in [-0.2, 0) is 4.74 Å². The number of carbonyl (C=O) groups is 1. The largest absolute Gasteiger partial charge is 0.451 e. The van der Waals surface area contributed by atoms with Crippen LogP contribution in [-0.4, -0.2) is 15.9 Å². The Morgan fingerprint density at radius 1 is 1.12 bits per heavy atom. The number of nitrogens with zero attached hydrogens (tertiary/aromatic N) is 1. The summed E-state index contributed by atoms with van der Waals surface area (Å²) in [5.74, 6) is -0.110. The first-order valence-electron chi connectivity index (χ1n) is 7.72. The van der Waals surface area contributed by atoms with Crippen molar-refractivity contribution in [1.29, 1.82) is 0 Å². The Morgan fingerprint density at radius 2 is 1.79 bits per heavy atom. The second-order valence-corrected chi connectivity index (χ2v) is 5.89. The van der Waals surface area contributed by atoms with Crippen molar-refractivity contribution in [2.75, 3.05) is 0 Å². The Hall–Kier alpha value is -2.95. The van der Waals surface area contributed by atoms with E-state index < -0.39 is 12.1 Å². The van der Waals surface area contributed by atoms with E-state index in [0.29, 0.717) is 22.3 Å². The van der Waals surface area contributed by atoms with Crippen molar-refractivity contribution in [2.24, 2.45) is 0 Å². The van der Waals surface area contributed by atoms with Crippen molar-refractivity contribution < 1.29 is 9.53 Å². The summed E-state index contributed by atoms with van der Waals surface area (Å²) in [4.78, 5) is 31.5. The van der Waals surface area contributed by atoms with Crippen LogP contribution in [0.1, 0.15) is 40.3 Å². The summed E-state index contributed by atoms with van der Waals surface area (Å²) in [6, 6.07) is 12.6. The molecule has 0 saturated heterocycles. The molecule has 0 spiro atoms. The first-order chi connectivity index (χ1) is 11.4. The van der Waals surface area contributed by atoms with E-state index in [4.69, 9.17) is 4.74 Å². The smallest absolute Gasteiger partial charge is 0.338 e. The average Bonchev–Trinajstić information content (AvgIpc) is 2.53. The third-order valence-corrected chi connectivity index (χ3v) is 3.76. The topological polar surface area (TPSA) is 72.0 Å².